The van der Waals surface area contributed by atoms with Crippen LogP contribution in [0, 0.1) is 0 Å². The first-order chi connectivity index (χ1) is 6.93. The molecule has 82 valence electrons. The lowest BCUT2D eigenvalue weighted by Gasteiger charge is -2.36. The Bertz CT molecular complexity index is 371. The third-order valence-corrected chi connectivity index (χ3v) is 2.42. The molecule has 1 aliphatic heterocycles. The summed E-state index contributed by atoms with van der Waals surface area (Å²) in [5.74, 6) is 0. The van der Waals surface area contributed by atoms with Gasteiger partial charge in [0.25, 0.3) is 0 Å². The van der Waals surface area contributed by atoms with Crippen LogP contribution in [0.25, 0.3) is 0 Å². The molecule has 6 heteroatoms. The molecule has 0 amide bonds. The van der Waals surface area contributed by atoms with Crippen molar-refractivity contribution in [2.75, 3.05) is 13.1 Å². The van der Waals surface area contributed by atoms with E-state index in [1.807, 2.05) is 0 Å². The number of nitrogens with zero attached hydrogens (tertiary/aromatic N) is 1. The fourth-order valence-corrected chi connectivity index (χ4v) is 1.53. The van der Waals surface area contributed by atoms with Gasteiger partial charge in [-0.15, -0.1) is 0 Å². The molecule has 0 spiro atoms. The van der Waals surface area contributed by atoms with Crippen molar-refractivity contribution >= 4 is 0 Å². The second kappa shape index (κ2) is 3.16. The average Bonchev–Trinajstić information content (AvgIpc) is 2.13. The minimum atomic E-state index is -4.53. The molecule has 0 unspecified atom stereocenters. The van der Waals surface area contributed by atoms with E-state index in [-0.39, 0.29) is 18.7 Å². The van der Waals surface area contributed by atoms with Crippen molar-refractivity contribution < 1.29 is 17.6 Å². The van der Waals surface area contributed by atoms with Crippen LogP contribution >= 0.6 is 0 Å². The summed E-state index contributed by atoms with van der Waals surface area (Å²) in [6.07, 6.45) is -2.57. The lowest BCUT2D eigenvalue weighted by Crippen LogP contribution is -2.54. The molecule has 2 heterocycles. The van der Waals surface area contributed by atoms with Gasteiger partial charge in [-0.05, 0) is 6.07 Å². The molecule has 0 aromatic carbocycles. The van der Waals surface area contributed by atoms with Crippen LogP contribution in [0.1, 0.15) is 11.1 Å². The van der Waals surface area contributed by atoms with E-state index in [4.69, 9.17) is 0 Å². The number of halogens is 4. The van der Waals surface area contributed by atoms with Crippen LogP contribution in [0.4, 0.5) is 17.6 Å². The van der Waals surface area contributed by atoms with Gasteiger partial charge >= 0.3 is 6.18 Å². The number of pyridine rings is 1. The van der Waals surface area contributed by atoms with Crippen LogP contribution < -0.4 is 5.32 Å². The number of aromatic nitrogens is 1. The summed E-state index contributed by atoms with van der Waals surface area (Å²) < 4.78 is 51.4. The minimum Gasteiger partial charge on any atom is -0.310 e. The van der Waals surface area contributed by atoms with Crippen molar-refractivity contribution in [2.45, 2.75) is 11.8 Å². The van der Waals surface area contributed by atoms with Crippen molar-refractivity contribution in [3.63, 3.8) is 0 Å². The maximum atomic E-state index is 13.8. The highest BCUT2D eigenvalue weighted by Gasteiger charge is 2.45. The zero-order valence-corrected chi connectivity index (χ0v) is 7.61. The Labute approximate surface area is 83.3 Å². The molecule has 1 aromatic heterocycles. The smallest absolute Gasteiger partial charge is 0.310 e. The Kier molecular flexibility index (Phi) is 2.18. The molecular formula is C9H8F4N2. The van der Waals surface area contributed by atoms with Crippen LogP contribution in [0.15, 0.2) is 18.5 Å². The summed E-state index contributed by atoms with van der Waals surface area (Å²) in [6, 6.07) is 0.801. The van der Waals surface area contributed by atoms with Crippen molar-refractivity contribution in [3.05, 3.63) is 29.6 Å². The molecule has 0 aliphatic carbocycles. The van der Waals surface area contributed by atoms with Crippen molar-refractivity contribution in [2.24, 2.45) is 0 Å². The molecule has 0 saturated carbocycles. The summed E-state index contributed by atoms with van der Waals surface area (Å²) in [5, 5.41) is 2.61. The topological polar surface area (TPSA) is 24.9 Å². The molecule has 0 bridgehead atoms. The molecule has 1 saturated heterocycles. The monoisotopic (exact) mass is 220 g/mol. The maximum Gasteiger partial charge on any atom is 0.416 e. The van der Waals surface area contributed by atoms with E-state index in [0.29, 0.717) is 0 Å². The quantitative estimate of drug-likeness (QED) is 0.731. The largest absolute Gasteiger partial charge is 0.416 e. The average molecular weight is 220 g/mol. The van der Waals surface area contributed by atoms with Gasteiger partial charge in [-0.3, -0.25) is 4.98 Å². The van der Waals surface area contributed by atoms with Gasteiger partial charge in [0.15, 0.2) is 5.67 Å². The molecule has 2 nitrogen and oxygen atoms in total. The van der Waals surface area contributed by atoms with Crippen LogP contribution in [-0.2, 0) is 11.8 Å². The Balaban J connectivity index is 2.47. The Morgan fingerprint density at radius 2 is 2.00 bits per heavy atom. The third kappa shape index (κ3) is 1.69. The number of nitrogens with one attached hydrogen (secondary N) is 1. The molecule has 1 aliphatic rings. The predicted molar refractivity (Wildman–Crippen MR) is 44.9 cm³/mol. The van der Waals surface area contributed by atoms with Gasteiger partial charge < -0.3 is 5.32 Å². The Morgan fingerprint density at radius 1 is 1.33 bits per heavy atom. The van der Waals surface area contributed by atoms with Gasteiger partial charge in [-0.25, -0.2) is 4.39 Å². The van der Waals surface area contributed by atoms with E-state index in [1.165, 1.54) is 0 Å². The second-order valence-electron chi connectivity index (χ2n) is 3.49. The number of alkyl halides is 4. The first-order valence-corrected chi connectivity index (χ1v) is 4.35. The highest BCUT2D eigenvalue weighted by atomic mass is 19.4. The fraction of sp³-hybridized carbons (Fsp3) is 0.444. The fourth-order valence-electron chi connectivity index (χ4n) is 1.53. The van der Waals surface area contributed by atoms with E-state index in [9.17, 15) is 17.6 Å². The molecule has 2 rings (SSSR count). The summed E-state index contributed by atoms with van der Waals surface area (Å²) in [5.41, 5.74) is -3.25. The number of hydrogen-bond donors (Lipinski definition) is 1. The molecule has 1 aromatic rings. The van der Waals surface area contributed by atoms with Crippen LogP contribution in [0.2, 0.25) is 0 Å². The molecule has 15 heavy (non-hydrogen) atoms. The predicted octanol–water partition coefficient (Wildman–Crippen LogP) is 1.87. The highest BCUT2D eigenvalue weighted by Crippen LogP contribution is 2.39. The maximum absolute atomic E-state index is 13.8. The standard InChI is InChI=1S/C9H8F4N2/c10-8(4-15-5-8)7-3-14-2-1-6(7)9(11,12)13/h1-3,15H,4-5H2. The zero-order valence-electron chi connectivity index (χ0n) is 7.61. The normalized spacial score (nSPS) is 19.7. The van der Waals surface area contributed by atoms with Crippen molar-refractivity contribution in [3.8, 4) is 0 Å². The second-order valence-corrected chi connectivity index (χ2v) is 3.49. The van der Waals surface area contributed by atoms with Gasteiger partial charge in [0, 0.05) is 31.0 Å². The minimum absolute atomic E-state index is 0.0955. The SMILES string of the molecule is FC(F)(F)c1ccncc1C1(F)CNC1. The Hall–Kier alpha value is -1.17. The van der Waals surface area contributed by atoms with E-state index >= 15 is 0 Å². The van der Waals surface area contributed by atoms with Crippen LogP contribution in [-0.4, -0.2) is 18.1 Å². The summed E-state index contributed by atoms with van der Waals surface area (Å²) in [7, 11) is 0. The van der Waals surface area contributed by atoms with Gasteiger partial charge in [0.2, 0.25) is 0 Å². The summed E-state index contributed by atoms with van der Waals surface area (Å²) in [4.78, 5) is 3.54. The van der Waals surface area contributed by atoms with Gasteiger partial charge in [0.05, 0.1) is 5.56 Å². The highest BCUT2D eigenvalue weighted by molar-refractivity contribution is 5.34. The molecular weight excluding hydrogens is 212 g/mol. The first-order valence-electron chi connectivity index (χ1n) is 4.35. The zero-order chi connectivity index (χ0) is 11.1. The summed E-state index contributed by atoms with van der Waals surface area (Å²) >= 11 is 0. The van der Waals surface area contributed by atoms with Gasteiger partial charge in [0.1, 0.15) is 0 Å². The van der Waals surface area contributed by atoms with E-state index in [2.05, 4.69) is 10.3 Å². The molecule has 0 atom stereocenters. The first kappa shape index (κ1) is 10.4. The lowest BCUT2D eigenvalue weighted by molar-refractivity contribution is -0.140. The van der Waals surface area contributed by atoms with Gasteiger partial charge in [-0.2, -0.15) is 13.2 Å². The molecule has 1 N–H and O–H groups in total. The molecule has 0 radical (unpaired) electrons. The van der Waals surface area contributed by atoms with E-state index in [1.54, 1.807) is 0 Å². The van der Waals surface area contributed by atoms with Crippen molar-refractivity contribution in [1.29, 1.82) is 0 Å². The summed E-state index contributed by atoms with van der Waals surface area (Å²) in [6.45, 7) is -0.191. The third-order valence-electron chi connectivity index (χ3n) is 2.42. The van der Waals surface area contributed by atoms with Crippen molar-refractivity contribution in [1.82, 2.24) is 10.3 Å². The van der Waals surface area contributed by atoms with Gasteiger partial charge in [-0.1, -0.05) is 0 Å². The Morgan fingerprint density at radius 3 is 2.47 bits per heavy atom. The van der Waals surface area contributed by atoms with Crippen LogP contribution in [0.3, 0.4) is 0 Å². The lowest BCUT2D eigenvalue weighted by atomic mass is 9.88. The van der Waals surface area contributed by atoms with E-state index in [0.717, 1.165) is 18.5 Å². The number of rotatable bonds is 1. The molecule has 1 fully saturated rings. The van der Waals surface area contributed by atoms with E-state index < -0.39 is 17.4 Å². The number of hydrogen-bond acceptors (Lipinski definition) is 2. The van der Waals surface area contributed by atoms with Crippen LogP contribution in [0.5, 0.6) is 0 Å².